The molecule has 0 N–H and O–H groups in total. The van der Waals surface area contributed by atoms with E-state index in [1.807, 2.05) is 6.08 Å². The van der Waals surface area contributed by atoms with Gasteiger partial charge in [0.05, 0.1) is 0 Å². The maximum Gasteiger partial charge on any atom is 0.402 e. The molecule has 0 aromatic rings. The lowest BCUT2D eigenvalue weighted by molar-refractivity contribution is -0.526. The highest BCUT2D eigenvalue weighted by molar-refractivity contribution is 5.62. The van der Waals surface area contributed by atoms with Gasteiger partial charge >= 0.3 is 6.34 Å². The van der Waals surface area contributed by atoms with Gasteiger partial charge in [-0.25, -0.2) is 0 Å². The third-order valence-corrected chi connectivity index (χ3v) is 1.59. The van der Waals surface area contributed by atoms with Crippen LogP contribution in [0.1, 0.15) is 6.92 Å². The van der Waals surface area contributed by atoms with Crippen molar-refractivity contribution >= 4 is 12.6 Å². The number of nitrogens with zero attached hydrogens (tertiary/aromatic N) is 2. The molecule has 1 heterocycles. The molecular weight excluding hydrogens is 124 g/mol. The Labute approximate surface area is 61.8 Å². The Morgan fingerprint density at radius 3 is 3.00 bits per heavy atom. The van der Waals surface area contributed by atoms with E-state index in [2.05, 4.69) is 35.2 Å². The van der Waals surface area contributed by atoms with Crippen LogP contribution in [0, 0.1) is 0 Å². The first kappa shape index (κ1) is 7.19. The van der Waals surface area contributed by atoms with Gasteiger partial charge in [-0.3, -0.25) is 0 Å². The Kier molecular flexibility index (Phi) is 2.37. The van der Waals surface area contributed by atoms with Crippen LogP contribution in [0.2, 0.25) is 0 Å². The monoisotopic (exact) mass is 138 g/mol. The van der Waals surface area contributed by atoms with Crippen molar-refractivity contribution in [1.82, 2.24) is 0 Å². The van der Waals surface area contributed by atoms with Crippen molar-refractivity contribution in [1.29, 1.82) is 0 Å². The van der Waals surface area contributed by atoms with Crippen LogP contribution in [0.15, 0.2) is 12.7 Å². The fourth-order valence-electron chi connectivity index (χ4n) is 1.01. The van der Waals surface area contributed by atoms with Crippen molar-refractivity contribution in [2.75, 3.05) is 19.6 Å². The minimum absolute atomic E-state index is 0.951. The largest absolute Gasteiger partial charge is 0.402 e. The van der Waals surface area contributed by atoms with Crippen LogP contribution in [0.4, 0.5) is 0 Å². The van der Waals surface area contributed by atoms with Crippen LogP contribution in [-0.2, 0) is 0 Å². The van der Waals surface area contributed by atoms with Gasteiger partial charge in [0.2, 0.25) is 12.8 Å². The van der Waals surface area contributed by atoms with Gasteiger partial charge in [0, 0.05) is 0 Å². The normalized spacial score (nSPS) is 16.5. The van der Waals surface area contributed by atoms with Gasteiger partial charge < -0.3 is 0 Å². The molecule has 0 amide bonds. The second-order valence-electron chi connectivity index (χ2n) is 2.37. The van der Waals surface area contributed by atoms with E-state index in [0.717, 1.165) is 19.6 Å². The molecule has 0 saturated carbocycles. The average Bonchev–Trinajstić information content (AvgIpc) is 2.37. The van der Waals surface area contributed by atoms with E-state index in [1.54, 1.807) is 0 Å². The van der Waals surface area contributed by atoms with Crippen LogP contribution in [0.25, 0.3) is 0 Å². The molecule has 0 atom stereocenters. The van der Waals surface area contributed by atoms with Gasteiger partial charge in [0.25, 0.3) is 0 Å². The van der Waals surface area contributed by atoms with E-state index in [4.69, 9.17) is 0 Å². The van der Waals surface area contributed by atoms with Crippen LogP contribution in [0.3, 0.4) is 0 Å². The Hall–Kier alpha value is -0.920. The fourth-order valence-corrected chi connectivity index (χ4v) is 1.01. The first-order valence-corrected chi connectivity index (χ1v) is 3.66. The molecule has 10 heavy (non-hydrogen) atoms. The van der Waals surface area contributed by atoms with Gasteiger partial charge in [0.15, 0.2) is 13.1 Å². The molecule has 1 rings (SSSR count). The zero-order valence-corrected chi connectivity index (χ0v) is 6.45. The van der Waals surface area contributed by atoms with E-state index in [1.165, 1.54) is 0 Å². The van der Waals surface area contributed by atoms with E-state index >= 15 is 0 Å². The lowest BCUT2D eigenvalue weighted by Gasteiger charge is -1.83. The molecule has 0 fully saturated rings. The average molecular weight is 138 g/mol. The minimum Gasteiger partial charge on any atom is -0.167 e. The van der Waals surface area contributed by atoms with Crippen molar-refractivity contribution in [2.45, 2.75) is 6.92 Å². The summed E-state index contributed by atoms with van der Waals surface area (Å²) >= 11 is 0. The van der Waals surface area contributed by atoms with Crippen LogP contribution in [0.5, 0.6) is 0 Å². The van der Waals surface area contributed by atoms with Crippen molar-refractivity contribution in [3.8, 4) is 0 Å². The van der Waals surface area contributed by atoms with Crippen LogP contribution in [-0.4, -0.2) is 41.3 Å². The van der Waals surface area contributed by atoms with Gasteiger partial charge in [-0.2, -0.15) is 4.58 Å². The van der Waals surface area contributed by atoms with Gasteiger partial charge in [-0.05, 0) is 13.0 Å². The second kappa shape index (κ2) is 3.30. The van der Waals surface area contributed by atoms with Crippen molar-refractivity contribution in [3.63, 3.8) is 0 Å². The number of hydrogen-bond donors (Lipinski definition) is 0. The molecule has 1 aliphatic heterocycles. The summed E-state index contributed by atoms with van der Waals surface area (Å²) in [5.41, 5.74) is 0. The smallest absolute Gasteiger partial charge is 0.167 e. The predicted octanol–water partition coefficient (Wildman–Crippen LogP) is 0.330. The molecule has 0 saturated heterocycles. The van der Waals surface area contributed by atoms with Crippen molar-refractivity contribution in [3.05, 3.63) is 12.7 Å². The van der Waals surface area contributed by atoms with Crippen molar-refractivity contribution < 1.29 is 9.15 Å². The van der Waals surface area contributed by atoms with Gasteiger partial charge in [-0.15, -0.1) is 4.58 Å². The summed E-state index contributed by atoms with van der Waals surface area (Å²) in [5.74, 6) is 0. The highest BCUT2D eigenvalue weighted by Gasteiger charge is 2.15. The minimum atomic E-state index is 0.951. The van der Waals surface area contributed by atoms with Crippen LogP contribution >= 0.6 is 0 Å². The standard InChI is InChI=1S/C8H14N2/c1-3-5-10-7-6-9(4-2)8-10/h3,6,8H,1,4-5,7H2,2H3/q+2. The molecule has 2 nitrogen and oxygen atoms in total. The maximum absolute atomic E-state index is 3.68. The Bertz CT molecular complexity index is 189. The molecule has 0 bridgehead atoms. The second-order valence-corrected chi connectivity index (χ2v) is 2.37. The highest BCUT2D eigenvalue weighted by Crippen LogP contribution is 1.82. The number of rotatable bonds is 3. The molecule has 1 aliphatic rings. The van der Waals surface area contributed by atoms with Crippen molar-refractivity contribution in [2.24, 2.45) is 0 Å². The zero-order valence-electron chi connectivity index (χ0n) is 6.45. The van der Waals surface area contributed by atoms with Gasteiger partial charge in [0.1, 0.15) is 0 Å². The van der Waals surface area contributed by atoms with E-state index < -0.39 is 0 Å². The SMILES string of the molecule is C=CC[N+]1=C[N+](CC)=CC1. The first-order chi connectivity index (χ1) is 4.86. The summed E-state index contributed by atoms with van der Waals surface area (Å²) in [6, 6.07) is 0. The first-order valence-electron chi connectivity index (χ1n) is 3.66. The fraction of sp³-hybridized carbons (Fsp3) is 0.500. The number of hydrogen-bond acceptors (Lipinski definition) is 0. The Morgan fingerprint density at radius 1 is 1.70 bits per heavy atom. The molecule has 0 unspecified atom stereocenters. The third kappa shape index (κ3) is 1.53. The Balaban J connectivity index is 2.48. The maximum atomic E-state index is 3.68. The summed E-state index contributed by atoms with van der Waals surface area (Å²) in [7, 11) is 0. The topological polar surface area (TPSA) is 6.02 Å². The summed E-state index contributed by atoms with van der Waals surface area (Å²) in [6.07, 6.45) is 6.23. The summed E-state index contributed by atoms with van der Waals surface area (Å²) < 4.78 is 4.40. The molecular formula is C8H14N2+2. The highest BCUT2D eigenvalue weighted by atomic mass is 15.2. The summed E-state index contributed by atoms with van der Waals surface area (Å²) in [4.78, 5) is 0. The zero-order chi connectivity index (χ0) is 7.40. The molecule has 54 valence electrons. The lowest BCUT2D eigenvalue weighted by atomic mass is 10.6. The molecule has 0 radical (unpaired) electrons. The molecule has 0 aliphatic carbocycles. The van der Waals surface area contributed by atoms with Crippen LogP contribution < -0.4 is 0 Å². The molecule has 0 spiro atoms. The van der Waals surface area contributed by atoms with E-state index in [9.17, 15) is 0 Å². The summed E-state index contributed by atoms with van der Waals surface area (Å²) in [6.45, 7) is 8.87. The quantitative estimate of drug-likeness (QED) is 0.391. The van der Waals surface area contributed by atoms with Gasteiger partial charge in [-0.1, -0.05) is 6.58 Å². The molecule has 0 aromatic carbocycles. The Morgan fingerprint density at radius 2 is 2.50 bits per heavy atom. The lowest BCUT2D eigenvalue weighted by Crippen LogP contribution is -2.11. The molecule has 0 aromatic heterocycles. The van der Waals surface area contributed by atoms with E-state index in [0.29, 0.717) is 0 Å². The summed E-state index contributed by atoms with van der Waals surface area (Å²) in [5, 5.41) is 0. The predicted molar refractivity (Wildman–Crippen MR) is 43.1 cm³/mol. The third-order valence-electron chi connectivity index (χ3n) is 1.59. The molecule has 2 heteroatoms. The van der Waals surface area contributed by atoms with E-state index in [-0.39, 0.29) is 0 Å².